The Bertz CT molecular complexity index is 384. The average Bonchev–Trinajstić information content (AvgIpc) is 2.26. The first-order valence-corrected chi connectivity index (χ1v) is 6.57. The van der Waals surface area contributed by atoms with E-state index in [0.717, 1.165) is 0 Å². The number of rotatable bonds is 2. The number of hydrogen-bond donors (Lipinski definition) is 0. The third-order valence-electron chi connectivity index (χ3n) is 2.26. The second-order valence-corrected chi connectivity index (χ2v) is 5.92. The lowest BCUT2D eigenvalue weighted by molar-refractivity contribution is 0.549. The van der Waals surface area contributed by atoms with Crippen LogP contribution < -0.4 is 0 Å². The van der Waals surface area contributed by atoms with Crippen LogP contribution in [0.2, 0.25) is 0 Å². The predicted octanol–water partition coefficient (Wildman–Crippen LogP) is 2.31. The second-order valence-electron chi connectivity index (χ2n) is 3.91. The second kappa shape index (κ2) is 4.13. The quantitative estimate of drug-likeness (QED) is 0.704. The Morgan fingerprint density at radius 2 is 1.93 bits per heavy atom. The van der Waals surface area contributed by atoms with Crippen molar-refractivity contribution in [1.82, 2.24) is 0 Å². The van der Waals surface area contributed by atoms with Gasteiger partial charge < -0.3 is 0 Å². The Morgan fingerprint density at radius 1 is 1.29 bits per heavy atom. The van der Waals surface area contributed by atoms with Gasteiger partial charge in [0.25, 0.3) is 0 Å². The van der Waals surface area contributed by atoms with Crippen molar-refractivity contribution in [2.45, 2.75) is 13.8 Å². The maximum Gasteiger partial charge on any atom is 0.175 e. The Labute approximate surface area is 85.9 Å². The minimum absolute atomic E-state index is 0.203. The van der Waals surface area contributed by atoms with E-state index in [2.05, 4.69) is 13.8 Å². The highest BCUT2D eigenvalue weighted by atomic mass is 32.2. The van der Waals surface area contributed by atoms with E-state index in [1.165, 1.54) is 6.26 Å². The summed E-state index contributed by atoms with van der Waals surface area (Å²) >= 11 is 0. The molecule has 14 heavy (non-hydrogen) atoms. The monoisotopic (exact) mass is 212 g/mol. The third kappa shape index (κ3) is 2.84. The van der Waals surface area contributed by atoms with Crippen LogP contribution in [0.5, 0.6) is 0 Å². The zero-order valence-corrected chi connectivity index (χ0v) is 9.58. The van der Waals surface area contributed by atoms with Gasteiger partial charge in [0.05, 0.1) is 4.91 Å². The van der Waals surface area contributed by atoms with E-state index in [0.29, 0.717) is 10.8 Å². The average molecular weight is 212 g/mol. The van der Waals surface area contributed by atoms with Crippen molar-refractivity contribution in [2.24, 2.45) is 11.8 Å². The molecule has 1 rings (SSSR count). The minimum Gasteiger partial charge on any atom is -0.224 e. The van der Waals surface area contributed by atoms with Gasteiger partial charge in [-0.3, -0.25) is 0 Å². The smallest absolute Gasteiger partial charge is 0.175 e. The first kappa shape index (κ1) is 11.2. The molecule has 3 heteroatoms. The molecule has 0 aliphatic heterocycles. The zero-order chi connectivity index (χ0) is 10.8. The molecule has 0 spiro atoms. The van der Waals surface area contributed by atoms with Gasteiger partial charge in [-0.2, -0.15) is 0 Å². The molecule has 0 aromatic rings. The summed E-state index contributed by atoms with van der Waals surface area (Å²) in [6, 6.07) is 0. The molecule has 0 saturated heterocycles. The largest absolute Gasteiger partial charge is 0.224 e. The normalized spacial score (nSPS) is 22.3. The van der Waals surface area contributed by atoms with E-state index in [1.807, 2.05) is 18.2 Å². The van der Waals surface area contributed by atoms with E-state index in [-0.39, 0.29) is 5.92 Å². The molecule has 0 aromatic heterocycles. The number of sulfone groups is 1. The molecule has 0 radical (unpaired) electrons. The van der Waals surface area contributed by atoms with Crippen LogP contribution >= 0.6 is 0 Å². The van der Waals surface area contributed by atoms with Gasteiger partial charge >= 0.3 is 0 Å². The van der Waals surface area contributed by atoms with Crippen molar-refractivity contribution < 1.29 is 8.42 Å². The van der Waals surface area contributed by atoms with Gasteiger partial charge in [0.2, 0.25) is 0 Å². The van der Waals surface area contributed by atoms with Crippen LogP contribution in [0.15, 0.2) is 35.3 Å². The van der Waals surface area contributed by atoms with E-state index in [1.54, 1.807) is 12.2 Å². The summed E-state index contributed by atoms with van der Waals surface area (Å²) in [7, 11) is -3.08. The Kier molecular flexibility index (Phi) is 3.32. The van der Waals surface area contributed by atoms with Gasteiger partial charge in [-0.25, -0.2) is 8.42 Å². The van der Waals surface area contributed by atoms with Crippen LogP contribution in [0.4, 0.5) is 0 Å². The minimum atomic E-state index is -3.08. The van der Waals surface area contributed by atoms with Crippen molar-refractivity contribution in [3.05, 3.63) is 35.3 Å². The van der Waals surface area contributed by atoms with Crippen molar-refractivity contribution in [3.63, 3.8) is 0 Å². The molecule has 1 unspecified atom stereocenters. The molecule has 1 aliphatic rings. The molecule has 0 heterocycles. The standard InChI is InChI=1S/C11H16O2S/c1-9(2)10-6-4-5-7-11(8-10)14(3,12)13/h4-10H,1-3H3. The molecule has 0 fully saturated rings. The summed E-state index contributed by atoms with van der Waals surface area (Å²) in [4.78, 5) is 0.418. The Balaban J connectivity index is 3.08. The molecule has 0 saturated carbocycles. The van der Waals surface area contributed by atoms with Crippen molar-refractivity contribution in [2.75, 3.05) is 6.26 Å². The number of allylic oxidation sites excluding steroid dienone is 5. The summed E-state index contributed by atoms with van der Waals surface area (Å²) in [5, 5.41) is 0. The van der Waals surface area contributed by atoms with Gasteiger partial charge in [-0.1, -0.05) is 38.2 Å². The topological polar surface area (TPSA) is 34.1 Å². The SMILES string of the molecule is CC(C)C1C=CC=CC(S(C)(=O)=O)=C1. The summed E-state index contributed by atoms with van der Waals surface area (Å²) < 4.78 is 22.7. The van der Waals surface area contributed by atoms with E-state index < -0.39 is 9.84 Å². The molecule has 78 valence electrons. The number of hydrogen-bond acceptors (Lipinski definition) is 2. The van der Waals surface area contributed by atoms with Gasteiger partial charge in [-0.05, 0) is 17.9 Å². The highest BCUT2D eigenvalue weighted by Gasteiger charge is 2.14. The lowest BCUT2D eigenvalue weighted by Crippen LogP contribution is -2.05. The highest BCUT2D eigenvalue weighted by molar-refractivity contribution is 7.94. The summed E-state index contributed by atoms with van der Waals surface area (Å²) in [5.41, 5.74) is 0. The van der Waals surface area contributed by atoms with Crippen molar-refractivity contribution in [3.8, 4) is 0 Å². The van der Waals surface area contributed by atoms with Crippen LogP contribution in [-0.4, -0.2) is 14.7 Å². The maximum atomic E-state index is 11.4. The molecule has 0 aromatic carbocycles. The lowest BCUT2D eigenvalue weighted by Gasteiger charge is -2.12. The summed E-state index contributed by atoms with van der Waals surface area (Å²) in [5.74, 6) is 0.623. The summed E-state index contributed by atoms with van der Waals surface area (Å²) in [6.07, 6.45) is 10.4. The van der Waals surface area contributed by atoms with E-state index >= 15 is 0 Å². The first-order valence-electron chi connectivity index (χ1n) is 4.68. The van der Waals surface area contributed by atoms with Gasteiger partial charge in [-0.15, -0.1) is 0 Å². The van der Waals surface area contributed by atoms with E-state index in [9.17, 15) is 8.42 Å². The molecule has 1 aliphatic carbocycles. The van der Waals surface area contributed by atoms with Crippen LogP contribution in [0.3, 0.4) is 0 Å². The van der Waals surface area contributed by atoms with Gasteiger partial charge in [0, 0.05) is 6.26 Å². The van der Waals surface area contributed by atoms with Gasteiger partial charge in [0.15, 0.2) is 9.84 Å². The Morgan fingerprint density at radius 3 is 2.43 bits per heavy atom. The zero-order valence-electron chi connectivity index (χ0n) is 8.77. The molecule has 0 amide bonds. The fourth-order valence-electron chi connectivity index (χ4n) is 1.31. The summed E-state index contributed by atoms with van der Waals surface area (Å²) in [6.45, 7) is 4.16. The molecular formula is C11H16O2S. The van der Waals surface area contributed by atoms with Crippen LogP contribution in [0, 0.1) is 11.8 Å². The lowest BCUT2D eigenvalue weighted by atomic mass is 9.95. The third-order valence-corrected chi connectivity index (χ3v) is 3.39. The first-order chi connectivity index (χ1) is 6.41. The predicted molar refractivity (Wildman–Crippen MR) is 59.5 cm³/mol. The molecule has 0 bridgehead atoms. The van der Waals surface area contributed by atoms with Crippen LogP contribution in [-0.2, 0) is 9.84 Å². The van der Waals surface area contributed by atoms with E-state index in [4.69, 9.17) is 0 Å². The van der Waals surface area contributed by atoms with Gasteiger partial charge in [0.1, 0.15) is 0 Å². The molecular weight excluding hydrogens is 196 g/mol. The Hall–Kier alpha value is -0.830. The fourth-order valence-corrected chi connectivity index (χ4v) is 2.04. The van der Waals surface area contributed by atoms with Crippen LogP contribution in [0.1, 0.15) is 13.8 Å². The maximum absolute atomic E-state index is 11.4. The van der Waals surface area contributed by atoms with Crippen molar-refractivity contribution >= 4 is 9.84 Å². The van der Waals surface area contributed by atoms with Crippen LogP contribution in [0.25, 0.3) is 0 Å². The molecule has 2 nitrogen and oxygen atoms in total. The highest BCUT2D eigenvalue weighted by Crippen LogP contribution is 2.21. The fraction of sp³-hybridized carbons (Fsp3) is 0.455. The molecule has 1 atom stereocenters. The van der Waals surface area contributed by atoms with Crippen molar-refractivity contribution in [1.29, 1.82) is 0 Å². The molecule has 0 N–H and O–H groups in total.